The maximum absolute atomic E-state index is 12.8. The maximum atomic E-state index is 12.8. The lowest BCUT2D eigenvalue weighted by atomic mass is 9.86. The van der Waals surface area contributed by atoms with Crippen LogP contribution in [-0.4, -0.2) is 35.0 Å². The zero-order valence-electron chi connectivity index (χ0n) is 15.9. The normalized spacial score (nSPS) is 15.1. The van der Waals surface area contributed by atoms with Crippen molar-refractivity contribution in [2.45, 2.75) is 32.1 Å². The monoisotopic (exact) mass is 377 g/mol. The van der Waals surface area contributed by atoms with Crippen molar-refractivity contribution in [3.05, 3.63) is 71.2 Å². The molecule has 1 aliphatic heterocycles. The Kier molecular flexibility index (Phi) is 4.90. The van der Waals surface area contributed by atoms with E-state index in [4.69, 9.17) is 4.42 Å². The van der Waals surface area contributed by atoms with Crippen LogP contribution in [0.5, 0.6) is 0 Å². The average Bonchev–Trinajstić information content (AvgIpc) is 3.18. The molecule has 1 aliphatic rings. The van der Waals surface area contributed by atoms with Crippen LogP contribution in [-0.2, 0) is 6.42 Å². The van der Waals surface area contributed by atoms with Crippen LogP contribution in [0.4, 0.5) is 0 Å². The largest absolute Gasteiger partial charge is 0.478 e. The zero-order valence-corrected chi connectivity index (χ0v) is 15.9. The van der Waals surface area contributed by atoms with Gasteiger partial charge in [-0.2, -0.15) is 0 Å². The number of rotatable bonds is 4. The van der Waals surface area contributed by atoms with Crippen molar-refractivity contribution in [3.8, 4) is 0 Å². The van der Waals surface area contributed by atoms with E-state index in [9.17, 15) is 14.7 Å². The van der Waals surface area contributed by atoms with Gasteiger partial charge in [-0.1, -0.05) is 49.4 Å². The zero-order chi connectivity index (χ0) is 19.7. The lowest BCUT2D eigenvalue weighted by Gasteiger charge is -2.32. The first-order valence-corrected chi connectivity index (χ1v) is 9.71. The molecule has 3 aromatic rings. The number of carbonyl (C=O) groups is 2. The number of hydrogen-bond acceptors (Lipinski definition) is 3. The van der Waals surface area contributed by atoms with Crippen LogP contribution in [0, 0.1) is 0 Å². The summed E-state index contributed by atoms with van der Waals surface area (Å²) in [6, 6.07) is 16.2. The molecule has 5 heteroatoms. The number of carboxylic acid groups (broad SMARTS) is 1. The highest BCUT2D eigenvalue weighted by molar-refractivity contribution is 5.96. The Morgan fingerprint density at radius 3 is 2.50 bits per heavy atom. The van der Waals surface area contributed by atoms with Gasteiger partial charge in [-0.3, -0.25) is 4.79 Å². The second-order valence-corrected chi connectivity index (χ2v) is 7.24. The lowest BCUT2D eigenvalue weighted by molar-refractivity contribution is 0.0674. The van der Waals surface area contributed by atoms with Crippen LogP contribution in [0.25, 0.3) is 10.8 Å². The number of carboxylic acids is 1. The van der Waals surface area contributed by atoms with Gasteiger partial charge in [0.25, 0.3) is 5.91 Å². The second-order valence-electron chi connectivity index (χ2n) is 7.24. The molecule has 1 N–H and O–H groups in total. The van der Waals surface area contributed by atoms with E-state index < -0.39 is 5.97 Å². The number of amides is 1. The highest BCUT2D eigenvalue weighted by Gasteiger charge is 2.28. The minimum absolute atomic E-state index is 0.0801. The van der Waals surface area contributed by atoms with Gasteiger partial charge in [0.1, 0.15) is 11.3 Å². The van der Waals surface area contributed by atoms with E-state index in [1.165, 1.54) is 22.4 Å². The van der Waals surface area contributed by atoms with Gasteiger partial charge in [-0.15, -0.1) is 0 Å². The van der Waals surface area contributed by atoms with E-state index >= 15 is 0 Å². The summed E-state index contributed by atoms with van der Waals surface area (Å²) in [7, 11) is 0. The number of nitrogens with zero attached hydrogens (tertiary/aromatic N) is 1. The summed E-state index contributed by atoms with van der Waals surface area (Å²) in [5.74, 6) is -0.403. The van der Waals surface area contributed by atoms with Crippen molar-refractivity contribution >= 4 is 22.6 Å². The molecule has 28 heavy (non-hydrogen) atoms. The molecule has 5 nitrogen and oxygen atoms in total. The number of fused-ring (bicyclic) bond motifs is 1. The van der Waals surface area contributed by atoms with Crippen LogP contribution in [0.2, 0.25) is 0 Å². The molecule has 0 spiro atoms. The highest BCUT2D eigenvalue weighted by Crippen LogP contribution is 2.33. The van der Waals surface area contributed by atoms with Gasteiger partial charge in [0.05, 0.1) is 0 Å². The second kappa shape index (κ2) is 7.50. The SMILES string of the molecule is CCc1oc(C(=O)N2CCC(c3cccc4ccccc34)CC2)cc1C(=O)O. The Morgan fingerprint density at radius 1 is 1.11 bits per heavy atom. The number of hydrogen-bond donors (Lipinski definition) is 1. The summed E-state index contributed by atoms with van der Waals surface area (Å²) in [4.78, 5) is 25.9. The van der Waals surface area contributed by atoms with E-state index in [1.54, 1.807) is 4.90 Å². The molecule has 2 aromatic carbocycles. The van der Waals surface area contributed by atoms with Gasteiger partial charge in [0.15, 0.2) is 5.76 Å². The van der Waals surface area contributed by atoms with Crippen molar-refractivity contribution in [1.29, 1.82) is 0 Å². The molecule has 0 radical (unpaired) electrons. The van der Waals surface area contributed by atoms with Gasteiger partial charge in [-0.25, -0.2) is 4.79 Å². The van der Waals surface area contributed by atoms with E-state index in [1.807, 2.05) is 13.0 Å². The Morgan fingerprint density at radius 2 is 1.82 bits per heavy atom. The Bertz CT molecular complexity index is 1020. The molecular weight excluding hydrogens is 354 g/mol. The van der Waals surface area contributed by atoms with Gasteiger partial charge in [-0.05, 0) is 35.1 Å². The fraction of sp³-hybridized carbons (Fsp3) is 0.304. The summed E-state index contributed by atoms with van der Waals surface area (Å²) < 4.78 is 5.54. The van der Waals surface area contributed by atoms with Gasteiger partial charge >= 0.3 is 5.97 Å². The fourth-order valence-corrected chi connectivity index (χ4v) is 4.13. The number of carbonyl (C=O) groups excluding carboxylic acids is 1. The van der Waals surface area contributed by atoms with Gasteiger partial charge in [0.2, 0.25) is 0 Å². The molecule has 4 rings (SSSR count). The van der Waals surface area contributed by atoms with Gasteiger partial charge in [0, 0.05) is 25.6 Å². The maximum Gasteiger partial charge on any atom is 0.339 e. The highest BCUT2D eigenvalue weighted by atomic mass is 16.4. The molecule has 0 aliphatic carbocycles. The van der Waals surface area contributed by atoms with E-state index in [-0.39, 0.29) is 17.2 Å². The number of piperidine rings is 1. The summed E-state index contributed by atoms with van der Waals surface area (Å²) in [6.45, 7) is 3.09. The summed E-state index contributed by atoms with van der Waals surface area (Å²) in [5, 5.41) is 11.8. The molecule has 1 fully saturated rings. The first-order valence-electron chi connectivity index (χ1n) is 9.71. The fourth-order valence-electron chi connectivity index (χ4n) is 4.13. The van der Waals surface area contributed by atoms with Crippen LogP contribution >= 0.6 is 0 Å². The van der Waals surface area contributed by atoms with E-state index in [0.717, 1.165) is 12.8 Å². The lowest BCUT2D eigenvalue weighted by Crippen LogP contribution is -2.37. The van der Waals surface area contributed by atoms with E-state index in [2.05, 4.69) is 36.4 Å². The Labute approximate surface area is 163 Å². The number of benzene rings is 2. The molecule has 0 bridgehead atoms. The predicted octanol–water partition coefficient (Wildman–Crippen LogP) is 4.71. The number of aromatic carboxylic acids is 1. The number of likely N-dealkylation sites (tertiary alicyclic amines) is 1. The smallest absolute Gasteiger partial charge is 0.339 e. The topological polar surface area (TPSA) is 70.8 Å². The van der Waals surface area contributed by atoms with Crippen LogP contribution in [0.15, 0.2) is 52.9 Å². The first kappa shape index (κ1) is 18.3. The van der Waals surface area contributed by atoms with Crippen molar-refractivity contribution in [2.24, 2.45) is 0 Å². The van der Waals surface area contributed by atoms with Gasteiger partial charge < -0.3 is 14.4 Å². The molecule has 0 saturated carbocycles. The molecule has 1 amide bonds. The third-order valence-electron chi connectivity index (χ3n) is 5.62. The number of aryl methyl sites for hydroxylation is 1. The quantitative estimate of drug-likeness (QED) is 0.715. The Balaban J connectivity index is 1.50. The third kappa shape index (κ3) is 3.28. The van der Waals surface area contributed by atoms with Crippen molar-refractivity contribution in [2.75, 3.05) is 13.1 Å². The average molecular weight is 377 g/mol. The van der Waals surface area contributed by atoms with Crippen LogP contribution < -0.4 is 0 Å². The minimum atomic E-state index is -1.06. The summed E-state index contributed by atoms with van der Waals surface area (Å²) in [6.07, 6.45) is 2.21. The molecule has 1 aromatic heterocycles. The minimum Gasteiger partial charge on any atom is -0.478 e. The molecule has 1 saturated heterocycles. The van der Waals surface area contributed by atoms with Crippen LogP contribution in [0.1, 0.15) is 57.9 Å². The van der Waals surface area contributed by atoms with Crippen molar-refractivity contribution in [3.63, 3.8) is 0 Å². The summed E-state index contributed by atoms with van der Waals surface area (Å²) in [5.41, 5.74) is 1.42. The molecule has 144 valence electrons. The molecule has 0 atom stereocenters. The summed E-state index contributed by atoms with van der Waals surface area (Å²) >= 11 is 0. The standard InChI is InChI=1S/C23H23NO4/c1-2-20-19(23(26)27)14-21(28-20)22(25)24-12-10-16(11-13-24)18-9-5-7-15-6-3-4-8-17(15)18/h3-9,14,16H,2,10-13H2,1H3,(H,26,27). The van der Waals surface area contributed by atoms with Crippen molar-refractivity contribution < 1.29 is 19.1 Å². The van der Waals surface area contributed by atoms with E-state index in [0.29, 0.717) is 31.2 Å². The number of furan rings is 1. The molecule has 0 unspecified atom stereocenters. The first-order chi connectivity index (χ1) is 13.6. The Hall–Kier alpha value is -3.08. The van der Waals surface area contributed by atoms with Crippen molar-refractivity contribution in [1.82, 2.24) is 4.90 Å². The van der Waals surface area contributed by atoms with Crippen LogP contribution in [0.3, 0.4) is 0 Å². The molecule has 2 heterocycles. The molecular formula is C23H23NO4. The predicted molar refractivity (Wildman–Crippen MR) is 107 cm³/mol. The third-order valence-corrected chi connectivity index (χ3v) is 5.62.